The second-order valence-electron chi connectivity index (χ2n) is 5.45. The molecule has 0 aromatic heterocycles. The fourth-order valence-electron chi connectivity index (χ4n) is 2.13. The van der Waals surface area contributed by atoms with Crippen LogP contribution in [0.25, 0.3) is 0 Å². The zero-order chi connectivity index (χ0) is 17.6. The lowest BCUT2D eigenvalue weighted by molar-refractivity contribution is -0.122. The van der Waals surface area contributed by atoms with Crippen LogP contribution in [0.4, 0.5) is 0 Å². The Hall–Kier alpha value is -2.24. The van der Waals surface area contributed by atoms with E-state index >= 15 is 0 Å². The number of rotatable bonds is 10. The number of aliphatic imine (C=N–C) groups is 1. The molecule has 1 rings (SSSR count). The van der Waals surface area contributed by atoms with Gasteiger partial charge in [-0.3, -0.25) is 9.79 Å². The molecule has 6 nitrogen and oxygen atoms in total. The van der Waals surface area contributed by atoms with E-state index in [1.54, 1.807) is 7.05 Å². The molecule has 0 aliphatic rings. The van der Waals surface area contributed by atoms with Crippen molar-refractivity contribution < 1.29 is 9.53 Å². The number of nitrogens with zero attached hydrogens (tertiary/aromatic N) is 1. The van der Waals surface area contributed by atoms with Crippen LogP contribution in [0.3, 0.4) is 0 Å². The molecule has 0 atom stereocenters. The van der Waals surface area contributed by atoms with Crippen molar-refractivity contribution in [3.8, 4) is 5.75 Å². The number of nitrogens with one attached hydrogen (secondary N) is 3. The number of amides is 1. The maximum atomic E-state index is 11.4. The molecule has 0 unspecified atom stereocenters. The number of carbonyl (C=O) groups is 1. The van der Waals surface area contributed by atoms with Crippen LogP contribution in [0.15, 0.2) is 29.3 Å². The molecule has 1 amide bonds. The molecule has 0 radical (unpaired) electrons. The highest BCUT2D eigenvalue weighted by atomic mass is 16.5. The van der Waals surface area contributed by atoms with Crippen molar-refractivity contribution in [3.63, 3.8) is 0 Å². The lowest BCUT2D eigenvalue weighted by Gasteiger charge is -2.12. The number of hydrogen-bond donors (Lipinski definition) is 3. The van der Waals surface area contributed by atoms with Crippen molar-refractivity contribution >= 4 is 11.9 Å². The van der Waals surface area contributed by atoms with Gasteiger partial charge in [-0.2, -0.15) is 0 Å². The van der Waals surface area contributed by atoms with Crippen LogP contribution in [-0.2, 0) is 11.3 Å². The first kappa shape index (κ1) is 19.8. The molecular weight excluding hydrogens is 304 g/mol. The fourth-order valence-corrected chi connectivity index (χ4v) is 2.13. The summed E-state index contributed by atoms with van der Waals surface area (Å²) in [6.07, 6.45) is 3.56. The van der Waals surface area contributed by atoms with Crippen molar-refractivity contribution in [2.75, 3.05) is 26.7 Å². The fraction of sp³-hybridized carbons (Fsp3) is 0.556. The molecule has 0 saturated carbocycles. The number of carbonyl (C=O) groups excluding carboxylic acids is 1. The molecule has 0 heterocycles. The van der Waals surface area contributed by atoms with Gasteiger partial charge < -0.3 is 20.7 Å². The van der Waals surface area contributed by atoms with E-state index in [-0.39, 0.29) is 12.5 Å². The van der Waals surface area contributed by atoms with Gasteiger partial charge in [0, 0.05) is 26.7 Å². The second kappa shape index (κ2) is 12.2. The first-order valence-electron chi connectivity index (χ1n) is 8.62. The van der Waals surface area contributed by atoms with E-state index < -0.39 is 0 Å². The van der Waals surface area contributed by atoms with Crippen molar-refractivity contribution in [1.82, 2.24) is 16.0 Å². The maximum absolute atomic E-state index is 11.4. The largest absolute Gasteiger partial charge is 0.484 e. The Bertz CT molecular complexity index is 517. The smallest absolute Gasteiger partial charge is 0.257 e. The summed E-state index contributed by atoms with van der Waals surface area (Å²) in [6, 6.07) is 7.70. The number of unbranched alkanes of at least 4 members (excludes halogenated alkanes) is 2. The SMILES string of the molecule is CCCCCNC(=NC)NCc1cccc(OCC(=O)NCC)c1. The van der Waals surface area contributed by atoms with Gasteiger partial charge in [-0.05, 0) is 31.0 Å². The first-order valence-corrected chi connectivity index (χ1v) is 8.62. The minimum absolute atomic E-state index is 0.0331. The van der Waals surface area contributed by atoms with E-state index in [1.165, 1.54) is 12.8 Å². The standard InChI is InChI=1S/C18H30N4O2/c1-4-6-7-11-21-18(19-3)22-13-15-9-8-10-16(12-15)24-14-17(23)20-5-2/h8-10,12H,4-7,11,13-14H2,1-3H3,(H,20,23)(H2,19,21,22). The Morgan fingerprint density at radius 2 is 2.00 bits per heavy atom. The molecule has 0 bridgehead atoms. The summed E-state index contributed by atoms with van der Waals surface area (Å²) in [7, 11) is 1.76. The van der Waals surface area contributed by atoms with Crippen molar-refractivity contribution in [1.29, 1.82) is 0 Å². The number of ether oxygens (including phenoxy) is 1. The summed E-state index contributed by atoms with van der Waals surface area (Å²) in [6.45, 7) is 6.28. The Kier molecular flexibility index (Phi) is 10.1. The average Bonchev–Trinajstić information content (AvgIpc) is 2.60. The van der Waals surface area contributed by atoms with E-state index in [4.69, 9.17) is 4.74 Å². The van der Waals surface area contributed by atoms with Gasteiger partial charge >= 0.3 is 0 Å². The molecule has 134 valence electrons. The molecule has 6 heteroatoms. The summed E-state index contributed by atoms with van der Waals surface area (Å²) < 4.78 is 5.50. The van der Waals surface area contributed by atoms with Crippen molar-refractivity contribution in [2.24, 2.45) is 4.99 Å². The number of guanidine groups is 1. The van der Waals surface area contributed by atoms with Gasteiger partial charge in [0.25, 0.3) is 5.91 Å². The van der Waals surface area contributed by atoms with E-state index in [0.717, 1.165) is 24.5 Å². The second-order valence-corrected chi connectivity index (χ2v) is 5.45. The van der Waals surface area contributed by atoms with E-state index in [2.05, 4.69) is 27.9 Å². The highest BCUT2D eigenvalue weighted by Crippen LogP contribution is 2.13. The van der Waals surface area contributed by atoms with Gasteiger partial charge in [0.15, 0.2) is 12.6 Å². The predicted octanol–water partition coefficient (Wildman–Crippen LogP) is 2.06. The normalized spacial score (nSPS) is 11.0. The molecule has 0 saturated heterocycles. The van der Waals surface area contributed by atoms with Crippen molar-refractivity contribution in [3.05, 3.63) is 29.8 Å². The molecule has 24 heavy (non-hydrogen) atoms. The molecule has 3 N–H and O–H groups in total. The summed E-state index contributed by atoms with van der Waals surface area (Å²) in [5.41, 5.74) is 1.07. The third-order valence-electron chi connectivity index (χ3n) is 3.40. The summed E-state index contributed by atoms with van der Waals surface area (Å²) >= 11 is 0. The molecule has 1 aromatic rings. The van der Waals surface area contributed by atoms with Gasteiger partial charge in [0.1, 0.15) is 5.75 Å². The Morgan fingerprint density at radius 3 is 2.71 bits per heavy atom. The minimum Gasteiger partial charge on any atom is -0.484 e. The Morgan fingerprint density at radius 1 is 1.17 bits per heavy atom. The molecule has 0 aliphatic heterocycles. The monoisotopic (exact) mass is 334 g/mol. The number of benzene rings is 1. The van der Waals surface area contributed by atoms with Crippen LogP contribution in [0.2, 0.25) is 0 Å². The van der Waals surface area contributed by atoms with Gasteiger partial charge in [-0.15, -0.1) is 0 Å². The summed E-state index contributed by atoms with van der Waals surface area (Å²) in [5, 5.41) is 9.28. The third kappa shape index (κ3) is 8.41. The van der Waals surface area contributed by atoms with Crippen molar-refractivity contribution in [2.45, 2.75) is 39.7 Å². The number of likely N-dealkylation sites (N-methyl/N-ethyl adjacent to an activating group) is 1. The van der Waals surface area contributed by atoms with Gasteiger partial charge in [0.2, 0.25) is 0 Å². The quantitative estimate of drug-likeness (QED) is 0.348. The number of hydrogen-bond acceptors (Lipinski definition) is 3. The Balaban J connectivity index is 2.41. The van der Waals surface area contributed by atoms with Crippen LogP contribution < -0.4 is 20.7 Å². The highest BCUT2D eigenvalue weighted by molar-refractivity contribution is 5.79. The lowest BCUT2D eigenvalue weighted by Crippen LogP contribution is -2.37. The van der Waals surface area contributed by atoms with Gasteiger partial charge in [-0.1, -0.05) is 31.9 Å². The van der Waals surface area contributed by atoms with Gasteiger partial charge in [-0.25, -0.2) is 0 Å². The molecular formula is C18H30N4O2. The lowest BCUT2D eigenvalue weighted by atomic mass is 10.2. The van der Waals surface area contributed by atoms with Crippen LogP contribution in [0.1, 0.15) is 38.7 Å². The molecule has 1 aromatic carbocycles. The van der Waals surface area contributed by atoms with Gasteiger partial charge in [0.05, 0.1) is 0 Å². The average molecular weight is 334 g/mol. The molecule has 0 spiro atoms. The van der Waals surface area contributed by atoms with E-state index in [0.29, 0.717) is 18.8 Å². The van der Waals surface area contributed by atoms with Crippen LogP contribution in [-0.4, -0.2) is 38.6 Å². The first-order chi connectivity index (χ1) is 11.7. The van der Waals surface area contributed by atoms with Crippen LogP contribution in [0, 0.1) is 0 Å². The van der Waals surface area contributed by atoms with E-state index in [1.807, 2.05) is 31.2 Å². The summed E-state index contributed by atoms with van der Waals surface area (Å²) in [5.74, 6) is 1.36. The topological polar surface area (TPSA) is 74.8 Å². The van der Waals surface area contributed by atoms with Crippen LogP contribution in [0.5, 0.6) is 5.75 Å². The highest BCUT2D eigenvalue weighted by Gasteiger charge is 2.03. The van der Waals surface area contributed by atoms with Crippen LogP contribution >= 0.6 is 0 Å². The Labute approximate surface area is 145 Å². The summed E-state index contributed by atoms with van der Waals surface area (Å²) in [4.78, 5) is 15.6. The maximum Gasteiger partial charge on any atom is 0.257 e. The third-order valence-corrected chi connectivity index (χ3v) is 3.40. The zero-order valence-electron chi connectivity index (χ0n) is 15.0. The zero-order valence-corrected chi connectivity index (χ0v) is 15.0. The molecule has 0 aliphatic carbocycles. The van der Waals surface area contributed by atoms with E-state index in [9.17, 15) is 4.79 Å². The molecule has 0 fully saturated rings. The minimum atomic E-state index is -0.113. The predicted molar refractivity (Wildman–Crippen MR) is 98.3 cm³/mol.